The molecule has 35 heavy (non-hydrogen) atoms. The molecular weight excluding hydrogens is 448 g/mol. The van der Waals surface area contributed by atoms with Crippen LogP contribution in [0.3, 0.4) is 0 Å². The Labute approximate surface area is 205 Å². The fraction of sp³-hybridized carbons (Fsp3) is 0.360. The summed E-state index contributed by atoms with van der Waals surface area (Å²) in [5, 5.41) is 11.4. The van der Waals surface area contributed by atoms with Gasteiger partial charge in [0.15, 0.2) is 11.4 Å². The van der Waals surface area contributed by atoms with Crippen molar-refractivity contribution in [1.29, 1.82) is 0 Å². The van der Waals surface area contributed by atoms with Gasteiger partial charge in [-0.25, -0.2) is 9.48 Å². The molecule has 3 N–H and O–H groups in total. The zero-order valence-electron chi connectivity index (χ0n) is 20.6. The lowest BCUT2D eigenvalue weighted by Crippen LogP contribution is -2.26. The maximum absolute atomic E-state index is 13.4. The molecule has 1 heterocycles. The number of carbonyl (C=O) groups excluding carboxylic acids is 2. The van der Waals surface area contributed by atoms with Crippen molar-refractivity contribution in [2.45, 2.75) is 20.0 Å². The number of ketones is 1. The van der Waals surface area contributed by atoms with Crippen LogP contribution in [0.1, 0.15) is 44.6 Å². The van der Waals surface area contributed by atoms with E-state index in [1.165, 1.54) is 4.68 Å². The number of benzene rings is 2. The molecule has 10 heteroatoms. The number of nitrogens with one attached hydrogen (secondary N) is 1. The van der Waals surface area contributed by atoms with E-state index in [-0.39, 0.29) is 30.1 Å². The van der Waals surface area contributed by atoms with Crippen molar-refractivity contribution in [2.24, 2.45) is 0 Å². The third-order valence-corrected chi connectivity index (χ3v) is 5.34. The van der Waals surface area contributed by atoms with Crippen molar-refractivity contribution in [3.05, 3.63) is 70.5 Å². The summed E-state index contributed by atoms with van der Waals surface area (Å²) in [5.41, 5.74) is 8.47. The molecule has 0 unspecified atom stereocenters. The van der Waals surface area contributed by atoms with Gasteiger partial charge in [-0.3, -0.25) is 4.79 Å². The first kappa shape index (κ1) is 25.9. The molecule has 10 nitrogen and oxygen atoms in total. The van der Waals surface area contributed by atoms with Gasteiger partial charge in [-0.2, -0.15) is 0 Å². The number of nitrogens with zero attached hydrogens (tertiary/aromatic N) is 4. The topological polar surface area (TPSA) is 125 Å². The molecule has 0 amide bonds. The zero-order valence-corrected chi connectivity index (χ0v) is 20.6. The van der Waals surface area contributed by atoms with Gasteiger partial charge in [-0.05, 0) is 56.4 Å². The van der Waals surface area contributed by atoms with Gasteiger partial charge in [0.25, 0.3) is 0 Å². The van der Waals surface area contributed by atoms with E-state index in [0.29, 0.717) is 18.0 Å². The molecule has 0 saturated carbocycles. The Morgan fingerprint density at radius 1 is 1.11 bits per heavy atom. The van der Waals surface area contributed by atoms with Gasteiger partial charge < -0.3 is 25.4 Å². The number of rotatable bonds is 12. The van der Waals surface area contributed by atoms with Crippen LogP contribution >= 0.6 is 0 Å². The molecule has 0 fully saturated rings. The van der Waals surface area contributed by atoms with Crippen LogP contribution in [-0.2, 0) is 17.8 Å². The average molecular weight is 481 g/mol. The SMILES string of the molecule is CCOC(=O)c1c(C(=O)c2ccc(CNCCN(C)C)cc2N)nnn1Cc1ccc(OC)cc1. The minimum absolute atomic E-state index is 0.0125. The Bertz CT molecular complexity index is 1160. The Morgan fingerprint density at radius 3 is 2.46 bits per heavy atom. The number of hydrogen-bond donors (Lipinski definition) is 2. The summed E-state index contributed by atoms with van der Waals surface area (Å²) in [4.78, 5) is 28.2. The summed E-state index contributed by atoms with van der Waals surface area (Å²) < 4.78 is 11.7. The van der Waals surface area contributed by atoms with E-state index >= 15 is 0 Å². The van der Waals surface area contributed by atoms with Gasteiger partial charge in [-0.15, -0.1) is 5.10 Å². The van der Waals surface area contributed by atoms with Crippen molar-refractivity contribution in [2.75, 3.05) is 46.6 Å². The van der Waals surface area contributed by atoms with Crippen LogP contribution in [0.25, 0.3) is 0 Å². The lowest BCUT2D eigenvalue weighted by molar-refractivity contribution is 0.0509. The van der Waals surface area contributed by atoms with Gasteiger partial charge in [0, 0.05) is 30.9 Å². The minimum Gasteiger partial charge on any atom is -0.497 e. The number of methoxy groups -OCH3 is 1. The Balaban J connectivity index is 1.84. The van der Waals surface area contributed by atoms with E-state index in [9.17, 15) is 9.59 Å². The number of hydrogen-bond acceptors (Lipinski definition) is 9. The molecule has 2 aromatic carbocycles. The molecule has 0 aliphatic rings. The molecular formula is C25H32N6O4. The number of anilines is 1. The summed E-state index contributed by atoms with van der Waals surface area (Å²) in [6, 6.07) is 12.5. The number of aromatic nitrogens is 3. The van der Waals surface area contributed by atoms with Crippen molar-refractivity contribution in [3.8, 4) is 5.75 Å². The lowest BCUT2D eigenvalue weighted by Gasteiger charge is -2.12. The second-order valence-electron chi connectivity index (χ2n) is 8.24. The van der Waals surface area contributed by atoms with Crippen LogP contribution in [0.2, 0.25) is 0 Å². The molecule has 0 spiro atoms. The van der Waals surface area contributed by atoms with E-state index < -0.39 is 11.8 Å². The van der Waals surface area contributed by atoms with E-state index in [1.54, 1.807) is 38.3 Å². The number of nitrogens with two attached hydrogens (primary N) is 1. The predicted molar refractivity (Wildman–Crippen MR) is 133 cm³/mol. The highest BCUT2D eigenvalue weighted by Crippen LogP contribution is 2.21. The summed E-state index contributed by atoms with van der Waals surface area (Å²) in [6.45, 7) is 4.44. The third kappa shape index (κ3) is 6.65. The maximum Gasteiger partial charge on any atom is 0.359 e. The van der Waals surface area contributed by atoms with Gasteiger partial charge >= 0.3 is 5.97 Å². The molecule has 3 rings (SSSR count). The second-order valence-corrected chi connectivity index (χ2v) is 8.24. The first-order valence-electron chi connectivity index (χ1n) is 11.4. The first-order chi connectivity index (χ1) is 16.8. The van der Waals surface area contributed by atoms with E-state index in [4.69, 9.17) is 15.2 Å². The average Bonchev–Trinajstić information content (AvgIpc) is 3.25. The number of ether oxygens (including phenoxy) is 2. The highest BCUT2D eigenvalue weighted by Gasteiger charge is 2.28. The molecule has 0 saturated heterocycles. The van der Waals surface area contributed by atoms with Gasteiger partial charge in [-0.1, -0.05) is 23.4 Å². The maximum atomic E-state index is 13.4. The molecule has 1 aromatic heterocycles. The van der Waals surface area contributed by atoms with E-state index in [0.717, 1.165) is 24.2 Å². The highest BCUT2D eigenvalue weighted by atomic mass is 16.5. The van der Waals surface area contributed by atoms with Crippen molar-refractivity contribution >= 4 is 17.4 Å². The molecule has 0 atom stereocenters. The van der Waals surface area contributed by atoms with Gasteiger partial charge in [0.05, 0.1) is 20.3 Å². The minimum atomic E-state index is -0.672. The summed E-state index contributed by atoms with van der Waals surface area (Å²) >= 11 is 0. The number of likely N-dealkylation sites (N-methyl/N-ethyl adjacent to an activating group) is 1. The molecule has 0 radical (unpaired) electrons. The predicted octanol–water partition coefficient (Wildman–Crippen LogP) is 1.98. The van der Waals surface area contributed by atoms with Crippen molar-refractivity contribution in [3.63, 3.8) is 0 Å². The summed E-state index contributed by atoms with van der Waals surface area (Å²) in [7, 11) is 5.61. The van der Waals surface area contributed by atoms with Crippen LogP contribution in [0, 0.1) is 0 Å². The van der Waals surface area contributed by atoms with Gasteiger partial charge in [0.1, 0.15) is 5.75 Å². The third-order valence-electron chi connectivity index (χ3n) is 5.34. The number of carbonyl (C=O) groups is 2. The Morgan fingerprint density at radius 2 is 1.83 bits per heavy atom. The van der Waals surface area contributed by atoms with Crippen molar-refractivity contribution in [1.82, 2.24) is 25.2 Å². The van der Waals surface area contributed by atoms with Crippen LogP contribution in [0.4, 0.5) is 5.69 Å². The van der Waals surface area contributed by atoms with Crippen molar-refractivity contribution < 1.29 is 19.1 Å². The first-order valence-corrected chi connectivity index (χ1v) is 11.4. The van der Waals surface area contributed by atoms with E-state index in [1.807, 2.05) is 32.3 Å². The van der Waals surface area contributed by atoms with E-state index in [2.05, 4.69) is 20.5 Å². The normalized spacial score (nSPS) is 11.0. The quantitative estimate of drug-likeness (QED) is 0.173. The number of esters is 1. The molecule has 0 aliphatic carbocycles. The van der Waals surface area contributed by atoms with Crippen LogP contribution < -0.4 is 15.8 Å². The standard InChI is InChI=1S/C25H32N6O4/c1-5-35-25(33)23-22(28-29-31(23)16-17-6-9-19(34-4)10-7-17)24(32)20-11-8-18(14-21(20)26)15-27-12-13-30(2)3/h6-11,14,27H,5,12-13,15-16,26H2,1-4H3. The van der Waals surface area contributed by atoms with Crippen LogP contribution in [-0.4, -0.2) is 72.5 Å². The monoisotopic (exact) mass is 480 g/mol. The second kappa shape index (κ2) is 12.1. The smallest absolute Gasteiger partial charge is 0.359 e. The number of nitrogen functional groups attached to an aromatic ring is 1. The van der Waals surface area contributed by atoms with Crippen LogP contribution in [0.5, 0.6) is 5.75 Å². The molecule has 3 aromatic rings. The highest BCUT2D eigenvalue weighted by molar-refractivity contribution is 6.15. The fourth-order valence-electron chi connectivity index (χ4n) is 3.47. The van der Waals surface area contributed by atoms with Crippen LogP contribution in [0.15, 0.2) is 42.5 Å². The molecule has 0 aliphatic heterocycles. The zero-order chi connectivity index (χ0) is 25.4. The molecule has 0 bridgehead atoms. The Hall–Kier alpha value is -3.76. The largest absolute Gasteiger partial charge is 0.497 e. The fourth-order valence-corrected chi connectivity index (χ4v) is 3.47. The summed E-state index contributed by atoms with van der Waals surface area (Å²) in [5.74, 6) is -0.450. The molecule has 186 valence electrons. The van der Waals surface area contributed by atoms with Gasteiger partial charge in [0.2, 0.25) is 5.78 Å². The lowest BCUT2D eigenvalue weighted by atomic mass is 10.0. The summed E-state index contributed by atoms with van der Waals surface area (Å²) in [6.07, 6.45) is 0. The Kier molecular flexibility index (Phi) is 8.93.